The van der Waals surface area contributed by atoms with Crippen LogP contribution in [0.1, 0.15) is 11.1 Å². The molecule has 5 heteroatoms. The SMILES string of the molecule is COc1c(Cl)cc(CN2CCNCC2)c(OC)c1C. The minimum absolute atomic E-state index is 0.644. The molecule has 0 radical (unpaired) electrons. The molecule has 0 aliphatic carbocycles. The standard InChI is InChI=1S/C14H21ClN2O2/c1-10-13(18-2)11(8-12(15)14(10)19-3)9-17-6-4-16-5-7-17/h8,16H,4-7,9H2,1-3H3. The van der Waals surface area contributed by atoms with E-state index in [1.807, 2.05) is 13.0 Å². The number of nitrogens with one attached hydrogen (secondary N) is 1. The Morgan fingerprint density at radius 2 is 1.84 bits per heavy atom. The molecule has 4 nitrogen and oxygen atoms in total. The highest BCUT2D eigenvalue weighted by atomic mass is 35.5. The Morgan fingerprint density at radius 1 is 1.21 bits per heavy atom. The number of halogens is 1. The lowest BCUT2D eigenvalue weighted by molar-refractivity contribution is 0.230. The maximum Gasteiger partial charge on any atom is 0.144 e. The molecule has 0 atom stereocenters. The highest BCUT2D eigenvalue weighted by Crippen LogP contribution is 2.38. The zero-order valence-electron chi connectivity index (χ0n) is 11.8. The van der Waals surface area contributed by atoms with Crippen molar-refractivity contribution in [3.8, 4) is 11.5 Å². The summed E-state index contributed by atoms with van der Waals surface area (Å²) in [6.45, 7) is 6.99. The van der Waals surface area contributed by atoms with Crippen molar-refractivity contribution in [2.24, 2.45) is 0 Å². The van der Waals surface area contributed by atoms with Crippen LogP contribution < -0.4 is 14.8 Å². The molecule has 0 bridgehead atoms. The summed E-state index contributed by atoms with van der Waals surface area (Å²) in [6, 6.07) is 1.95. The average molecular weight is 285 g/mol. The van der Waals surface area contributed by atoms with Crippen molar-refractivity contribution >= 4 is 11.6 Å². The smallest absolute Gasteiger partial charge is 0.144 e. The van der Waals surface area contributed by atoms with Crippen molar-refractivity contribution in [2.75, 3.05) is 40.4 Å². The Morgan fingerprint density at radius 3 is 2.42 bits per heavy atom. The van der Waals surface area contributed by atoms with Crippen molar-refractivity contribution in [1.29, 1.82) is 0 Å². The molecule has 0 amide bonds. The number of hydrogen-bond donors (Lipinski definition) is 1. The van der Waals surface area contributed by atoms with Crippen molar-refractivity contribution in [3.63, 3.8) is 0 Å². The zero-order chi connectivity index (χ0) is 13.8. The summed E-state index contributed by atoms with van der Waals surface area (Å²) in [5.74, 6) is 1.57. The van der Waals surface area contributed by atoms with E-state index in [1.54, 1.807) is 14.2 Å². The van der Waals surface area contributed by atoms with Crippen LogP contribution in [-0.4, -0.2) is 45.3 Å². The topological polar surface area (TPSA) is 33.7 Å². The Kier molecular flexibility index (Phi) is 4.91. The highest BCUT2D eigenvalue weighted by Gasteiger charge is 2.18. The van der Waals surface area contributed by atoms with Gasteiger partial charge in [-0.2, -0.15) is 0 Å². The first-order valence-corrected chi connectivity index (χ1v) is 6.88. The number of rotatable bonds is 4. The van der Waals surface area contributed by atoms with Gasteiger partial charge in [-0.1, -0.05) is 11.6 Å². The lowest BCUT2D eigenvalue weighted by atomic mass is 10.1. The maximum atomic E-state index is 6.27. The van der Waals surface area contributed by atoms with Crippen LogP contribution in [0.2, 0.25) is 5.02 Å². The number of piperazine rings is 1. The third-order valence-electron chi connectivity index (χ3n) is 3.50. The van der Waals surface area contributed by atoms with Gasteiger partial charge in [0, 0.05) is 43.9 Å². The lowest BCUT2D eigenvalue weighted by Gasteiger charge is -2.28. The van der Waals surface area contributed by atoms with E-state index in [0.29, 0.717) is 10.8 Å². The van der Waals surface area contributed by atoms with Crippen LogP contribution >= 0.6 is 11.6 Å². The number of hydrogen-bond acceptors (Lipinski definition) is 4. The van der Waals surface area contributed by atoms with Gasteiger partial charge in [-0.05, 0) is 13.0 Å². The van der Waals surface area contributed by atoms with Gasteiger partial charge >= 0.3 is 0 Å². The largest absolute Gasteiger partial charge is 0.496 e. The molecule has 19 heavy (non-hydrogen) atoms. The second kappa shape index (κ2) is 6.46. The predicted octanol–water partition coefficient (Wildman–Crippen LogP) is 2.07. The number of benzene rings is 1. The fraction of sp³-hybridized carbons (Fsp3) is 0.571. The van der Waals surface area contributed by atoms with Gasteiger partial charge < -0.3 is 14.8 Å². The van der Waals surface area contributed by atoms with E-state index < -0.39 is 0 Å². The molecular formula is C14H21ClN2O2. The van der Waals surface area contributed by atoms with E-state index in [2.05, 4.69) is 10.2 Å². The first-order valence-electron chi connectivity index (χ1n) is 6.50. The van der Waals surface area contributed by atoms with E-state index in [0.717, 1.165) is 49.6 Å². The van der Waals surface area contributed by atoms with Gasteiger partial charge in [0.25, 0.3) is 0 Å². The first kappa shape index (κ1) is 14.4. The van der Waals surface area contributed by atoms with Gasteiger partial charge in [0.2, 0.25) is 0 Å². The first-order chi connectivity index (χ1) is 9.17. The maximum absolute atomic E-state index is 6.27. The minimum atomic E-state index is 0.644. The van der Waals surface area contributed by atoms with Crippen LogP contribution in [0.15, 0.2) is 6.07 Å². The second-order valence-corrected chi connectivity index (χ2v) is 5.14. The fourth-order valence-electron chi connectivity index (χ4n) is 2.57. The fourth-order valence-corrected chi connectivity index (χ4v) is 2.92. The van der Waals surface area contributed by atoms with E-state index in [-0.39, 0.29) is 0 Å². The number of nitrogens with zero attached hydrogens (tertiary/aromatic N) is 1. The summed E-state index contributed by atoms with van der Waals surface area (Å²) in [5.41, 5.74) is 2.08. The summed E-state index contributed by atoms with van der Waals surface area (Å²) >= 11 is 6.27. The minimum Gasteiger partial charge on any atom is -0.496 e. The second-order valence-electron chi connectivity index (χ2n) is 4.74. The van der Waals surface area contributed by atoms with Crippen molar-refractivity contribution in [1.82, 2.24) is 10.2 Å². The van der Waals surface area contributed by atoms with Crippen LogP contribution in [0.4, 0.5) is 0 Å². The third-order valence-corrected chi connectivity index (χ3v) is 3.78. The van der Waals surface area contributed by atoms with Crippen molar-refractivity contribution < 1.29 is 9.47 Å². The van der Waals surface area contributed by atoms with Gasteiger partial charge in [-0.3, -0.25) is 4.90 Å². The van der Waals surface area contributed by atoms with Crippen LogP contribution in [0, 0.1) is 6.92 Å². The van der Waals surface area contributed by atoms with E-state index in [1.165, 1.54) is 0 Å². The Bertz CT molecular complexity index is 446. The van der Waals surface area contributed by atoms with Gasteiger partial charge in [-0.25, -0.2) is 0 Å². The van der Waals surface area contributed by atoms with Gasteiger partial charge in [-0.15, -0.1) is 0 Å². The molecule has 0 spiro atoms. The molecule has 106 valence electrons. The molecule has 1 aromatic rings. The van der Waals surface area contributed by atoms with E-state index >= 15 is 0 Å². The Hall–Kier alpha value is -0.970. The van der Waals surface area contributed by atoms with E-state index in [4.69, 9.17) is 21.1 Å². The molecule has 0 saturated carbocycles. The normalized spacial score (nSPS) is 16.4. The van der Waals surface area contributed by atoms with Crippen molar-refractivity contribution in [2.45, 2.75) is 13.5 Å². The average Bonchev–Trinajstić information content (AvgIpc) is 2.40. The number of methoxy groups -OCH3 is 2. The van der Waals surface area contributed by atoms with Crippen LogP contribution in [-0.2, 0) is 6.54 Å². The number of ether oxygens (including phenoxy) is 2. The molecule has 2 rings (SSSR count). The molecule has 1 heterocycles. The van der Waals surface area contributed by atoms with Crippen LogP contribution in [0.5, 0.6) is 11.5 Å². The summed E-state index contributed by atoms with van der Waals surface area (Å²) in [7, 11) is 3.32. The summed E-state index contributed by atoms with van der Waals surface area (Å²) in [4.78, 5) is 2.40. The molecule has 1 N–H and O–H groups in total. The highest BCUT2D eigenvalue weighted by molar-refractivity contribution is 6.32. The zero-order valence-corrected chi connectivity index (χ0v) is 12.5. The quantitative estimate of drug-likeness (QED) is 0.918. The Labute approximate surface area is 119 Å². The molecule has 0 unspecified atom stereocenters. The molecular weight excluding hydrogens is 264 g/mol. The lowest BCUT2D eigenvalue weighted by Crippen LogP contribution is -2.42. The summed E-state index contributed by atoms with van der Waals surface area (Å²) in [6.07, 6.45) is 0. The molecule has 0 aromatic heterocycles. The third kappa shape index (κ3) is 3.14. The molecule has 1 fully saturated rings. The predicted molar refractivity (Wildman–Crippen MR) is 77.4 cm³/mol. The Balaban J connectivity index is 2.28. The monoisotopic (exact) mass is 284 g/mol. The summed E-state index contributed by atoms with van der Waals surface area (Å²) < 4.78 is 10.9. The molecule has 1 aromatic carbocycles. The van der Waals surface area contributed by atoms with Crippen LogP contribution in [0.25, 0.3) is 0 Å². The summed E-state index contributed by atoms with van der Waals surface area (Å²) in [5, 5.41) is 4.00. The molecule has 1 saturated heterocycles. The van der Waals surface area contributed by atoms with Gasteiger partial charge in [0.1, 0.15) is 11.5 Å². The van der Waals surface area contributed by atoms with Gasteiger partial charge in [0.15, 0.2) is 0 Å². The molecule has 1 aliphatic heterocycles. The van der Waals surface area contributed by atoms with Gasteiger partial charge in [0.05, 0.1) is 19.2 Å². The molecule has 1 aliphatic rings. The van der Waals surface area contributed by atoms with Crippen molar-refractivity contribution in [3.05, 3.63) is 22.2 Å². The van der Waals surface area contributed by atoms with E-state index in [9.17, 15) is 0 Å². The van der Waals surface area contributed by atoms with Crippen LogP contribution in [0.3, 0.4) is 0 Å².